The summed E-state index contributed by atoms with van der Waals surface area (Å²) in [6, 6.07) is 7.38. The van der Waals surface area contributed by atoms with Gasteiger partial charge < -0.3 is 0 Å². The average molecular weight is 216 g/mol. The lowest BCUT2D eigenvalue weighted by atomic mass is 10.2. The normalized spacial score (nSPS) is 15.2. The first kappa shape index (κ1) is 10.6. The molecule has 4 heteroatoms. The van der Waals surface area contributed by atoms with Crippen molar-refractivity contribution in [2.45, 2.75) is 10.6 Å². The molecule has 0 bridgehead atoms. The van der Waals surface area contributed by atoms with E-state index in [2.05, 4.69) is 0 Å². The van der Waals surface area contributed by atoms with E-state index in [-0.39, 0.29) is 0 Å². The third-order valence-electron chi connectivity index (χ3n) is 1.63. The molecule has 0 aliphatic rings. The Morgan fingerprint density at radius 2 is 1.62 bits per heavy atom. The summed E-state index contributed by atoms with van der Waals surface area (Å²) in [4.78, 5) is 0.811. The van der Waals surface area contributed by atoms with Gasteiger partial charge in [-0.25, -0.2) is 0 Å². The van der Waals surface area contributed by atoms with E-state index in [9.17, 15) is 8.42 Å². The lowest BCUT2D eigenvalue weighted by molar-refractivity contribution is 0.686. The fourth-order valence-electron chi connectivity index (χ4n) is 1.01. The van der Waals surface area contributed by atoms with Gasteiger partial charge in [-0.2, -0.15) is 0 Å². The minimum atomic E-state index is -0.926. The van der Waals surface area contributed by atoms with Crippen LogP contribution in [0.5, 0.6) is 0 Å². The molecule has 0 radical (unpaired) electrons. The maximum atomic E-state index is 11.0. The minimum Gasteiger partial charge on any atom is -0.260 e. The maximum Gasteiger partial charge on any atom is 0.0498 e. The van der Waals surface area contributed by atoms with Crippen LogP contribution in [0.3, 0.4) is 0 Å². The Kier molecular flexibility index (Phi) is 3.81. The average Bonchev–Trinajstić information content (AvgIpc) is 2.04. The topological polar surface area (TPSA) is 34.1 Å². The van der Waals surface area contributed by atoms with Gasteiger partial charge in [0.15, 0.2) is 0 Å². The zero-order valence-corrected chi connectivity index (χ0v) is 9.28. The zero-order valence-electron chi connectivity index (χ0n) is 7.65. The molecule has 0 saturated carbocycles. The van der Waals surface area contributed by atoms with Gasteiger partial charge in [-0.3, -0.25) is 8.42 Å². The summed E-state index contributed by atoms with van der Waals surface area (Å²) in [7, 11) is -1.74. The lowest BCUT2D eigenvalue weighted by Gasteiger charge is -1.99. The fraction of sp³-hybridized carbons (Fsp3) is 0.333. The molecule has 0 saturated heterocycles. The molecule has 0 aliphatic heterocycles. The Labute approximate surface area is 83.3 Å². The number of hydrogen-bond donors (Lipinski definition) is 0. The molecule has 0 aromatic heterocycles. The molecule has 0 aliphatic carbocycles. The molecule has 2 nitrogen and oxygen atoms in total. The maximum absolute atomic E-state index is 11.0. The Balaban J connectivity index is 2.81. The molecule has 2 atom stereocenters. The summed E-state index contributed by atoms with van der Waals surface area (Å²) in [5.41, 5.74) is 1.02. The summed E-state index contributed by atoms with van der Waals surface area (Å²) < 4.78 is 21.9. The summed E-state index contributed by atoms with van der Waals surface area (Å²) >= 11 is 0. The van der Waals surface area contributed by atoms with Crippen LogP contribution in [0.25, 0.3) is 0 Å². The van der Waals surface area contributed by atoms with Crippen LogP contribution in [-0.4, -0.2) is 20.9 Å². The van der Waals surface area contributed by atoms with Gasteiger partial charge >= 0.3 is 0 Å². The van der Waals surface area contributed by atoms with Gasteiger partial charge in [0.1, 0.15) is 0 Å². The van der Waals surface area contributed by atoms with E-state index in [1.54, 1.807) is 12.5 Å². The first-order valence-electron chi connectivity index (χ1n) is 3.82. The molecule has 0 fully saturated rings. The highest BCUT2D eigenvalue weighted by Gasteiger charge is 1.98. The summed E-state index contributed by atoms with van der Waals surface area (Å²) in [5.74, 6) is 0.566. The molecule has 0 spiro atoms. The van der Waals surface area contributed by atoms with Crippen LogP contribution in [0.1, 0.15) is 5.56 Å². The third-order valence-corrected chi connectivity index (χ3v) is 3.30. The van der Waals surface area contributed by atoms with E-state index in [0.717, 1.165) is 10.5 Å². The Morgan fingerprint density at radius 1 is 1.08 bits per heavy atom. The van der Waals surface area contributed by atoms with E-state index in [1.165, 1.54) is 0 Å². The van der Waals surface area contributed by atoms with Crippen molar-refractivity contribution in [1.29, 1.82) is 0 Å². The van der Waals surface area contributed by atoms with Crippen molar-refractivity contribution in [2.24, 2.45) is 0 Å². The van der Waals surface area contributed by atoms with Crippen molar-refractivity contribution >= 4 is 21.6 Å². The van der Waals surface area contributed by atoms with Crippen LogP contribution in [-0.2, 0) is 27.4 Å². The van der Waals surface area contributed by atoms with E-state index >= 15 is 0 Å². The quantitative estimate of drug-likeness (QED) is 0.763. The van der Waals surface area contributed by atoms with Gasteiger partial charge in [-0.15, -0.1) is 0 Å². The van der Waals surface area contributed by atoms with Gasteiger partial charge in [-0.05, 0) is 17.7 Å². The summed E-state index contributed by atoms with van der Waals surface area (Å²) in [6.45, 7) is 0. The van der Waals surface area contributed by atoms with Crippen LogP contribution in [0.15, 0.2) is 29.2 Å². The summed E-state index contributed by atoms with van der Waals surface area (Å²) in [5, 5.41) is 0. The molecule has 72 valence electrons. The first-order valence-corrected chi connectivity index (χ1v) is 7.10. The zero-order chi connectivity index (χ0) is 9.84. The molecule has 13 heavy (non-hydrogen) atoms. The second-order valence-electron chi connectivity index (χ2n) is 2.82. The van der Waals surface area contributed by atoms with Crippen LogP contribution >= 0.6 is 0 Å². The number of benzene rings is 1. The van der Waals surface area contributed by atoms with Crippen molar-refractivity contribution in [2.75, 3.05) is 12.5 Å². The lowest BCUT2D eigenvalue weighted by Crippen LogP contribution is -1.93. The standard InChI is InChI=1S/C9H12O2S2/c1-12(10)7-8-3-5-9(6-4-8)13(2)11/h3-6H,7H2,1-2H3. The van der Waals surface area contributed by atoms with Crippen molar-refractivity contribution < 1.29 is 8.42 Å². The van der Waals surface area contributed by atoms with Crippen LogP contribution in [0, 0.1) is 0 Å². The fourth-order valence-corrected chi connectivity index (χ4v) is 2.19. The van der Waals surface area contributed by atoms with Gasteiger partial charge in [0.05, 0.1) is 0 Å². The van der Waals surface area contributed by atoms with Crippen molar-refractivity contribution in [1.82, 2.24) is 0 Å². The van der Waals surface area contributed by atoms with E-state index in [0.29, 0.717) is 5.75 Å². The van der Waals surface area contributed by atoms with Crippen LogP contribution < -0.4 is 0 Å². The molecular weight excluding hydrogens is 204 g/mol. The van der Waals surface area contributed by atoms with Crippen molar-refractivity contribution in [3.05, 3.63) is 29.8 Å². The number of rotatable bonds is 3. The highest BCUT2D eigenvalue weighted by molar-refractivity contribution is 7.84. The molecular formula is C9H12O2S2. The molecule has 2 unspecified atom stereocenters. The van der Waals surface area contributed by atoms with Crippen LogP contribution in [0.4, 0.5) is 0 Å². The van der Waals surface area contributed by atoms with Crippen molar-refractivity contribution in [3.8, 4) is 0 Å². The van der Waals surface area contributed by atoms with E-state index in [1.807, 2.05) is 24.3 Å². The predicted molar refractivity (Wildman–Crippen MR) is 56.5 cm³/mol. The molecule has 0 N–H and O–H groups in total. The number of hydrogen-bond acceptors (Lipinski definition) is 2. The highest BCUT2D eigenvalue weighted by atomic mass is 32.2. The predicted octanol–water partition coefficient (Wildman–Crippen LogP) is 1.30. The highest BCUT2D eigenvalue weighted by Crippen LogP contribution is 2.08. The first-order chi connectivity index (χ1) is 6.09. The van der Waals surface area contributed by atoms with Crippen molar-refractivity contribution in [3.63, 3.8) is 0 Å². The largest absolute Gasteiger partial charge is 0.260 e. The summed E-state index contributed by atoms with van der Waals surface area (Å²) in [6.07, 6.45) is 3.32. The minimum absolute atomic E-state index is 0.566. The Hall–Kier alpha value is -0.480. The Morgan fingerprint density at radius 3 is 2.00 bits per heavy atom. The smallest absolute Gasteiger partial charge is 0.0498 e. The molecule has 1 aromatic carbocycles. The Bertz CT molecular complexity index is 330. The second kappa shape index (κ2) is 4.67. The SMILES string of the molecule is CS(=O)Cc1ccc(S(C)=O)cc1. The van der Waals surface area contributed by atoms with E-state index < -0.39 is 21.6 Å². The molecule has 1 rings (SSSR count). The van der Waals surface area contributed by atoms with Crippen LogP contribution in [0.2, 0.25) is 0 Å². The second-order valence-corrected chi connectivity index (χ2v) is 5.63. The van der Waals surface area contributed by atoms with Gasteiger partial charge in [-0.1, -0.05) is 12.1 Å². The molecule has 0 heterocycles. The molecule has 1 aromatic rings. The van der Waals surface area contributed by atoms with Gasteiger partial charge in [0.25, 0.3) is 0 Å². The van der Waals surface area contributed by atoms with Gasteiger partial charge in [0.2, 0.25) is 0 Å². The van der Waals surface area contributed by atoms with E-state index in [4.69, 9.17) is 0 Å². The monoisotopic (exact) mass is 216 g/mol. The third kappa shape index (κ3) is 3.40. The molecule has 0 amide bonds. The van der Waals surface area contributed by atoms with Gasteiger partial charge in [0, 0.05) is 44.8 Å².